The molecule has 1 heterocycles. The Balaban J connectivity index is 2.01. The van der Waals surface area contributed by atoms with Crippen molar-refractivity contribution in [2.24, 2.45) is 0 Å². The van der Waals surface area contributed by atoms with E-state index in [1.165, 1.54) is 11.1 Å². The molecule has 0 spiro atoms. The number of carbonyl (C=O) groups is 2. The van der Waals surface area contributed by atoms with Crippen LogP contribution in [0.1, 0.15) is 24.0 Å². The lowest BCUT2D eigenvalue weighted by molar-refractivity contribution is -0.138. The van der Waals surface area contributed by atoms with Crippen molar-refractivity contribution in [1.82, 2.24) is 20.0 Å². The van der Waals surface area contributed by atoms with Gasteiger partial charge in [0.1, 0.15) is 6.73 Å². The minimum Gasteiger partial charge on any atom is -0.480 e. The summed E-state index contributed by atoms with van der Waals surface area (Å²) in [5.74, 6) is -0.778. The number of hydrogen-bond donors (Lipinski definition) is 2. The predicted molar refractivity (Wildman–Crippen MR) is 116 cm³/mol. The molecule has 0 unspecified atom stereocenters. The molecule has 0 aromatic heterocycles. The summed E-state index contributed by atoms with van der Waals surface area (Å²) in [7, 11) is 0. The molecule has 1 aliphatic rings. The Labute approximate surface area is 179 Å². The van der Waals surface area contributed by atoms with Crippen molar-refractivity contribution in [3.05, 3.63) is 35.4 Å². The standard InChI is InChI=1S/C22H36N4O4/c1-20-4-6-21(7-5-20)16-24-11-3-12-26(18-30-19-27)13-9-23-8-2-10-25(15-14-24)17-22(28)29/h4-7,19,23H,2-3,8-18H2,1H3,(H,28,29). The third kappa shape index (κ3) is 10.2. The molecule has 0 aliphatic carbocycles. The van der Waals surface area contributed by atoms with Crippen LogP contribution in [-0.4, -0.2) is 97.9 Å². The van der Waals surface area contributed by atoms with Gasteiger partial charge in [0.25, 0.3) is 6.47 Å². The highest BCUT2D eigenvalue weighted by Crippen LogP contribution is 2.09. The van der Waals surface area contributed by atoms with Crippen LogP contribution in [0.25, 0.3) is 0 Å². The van der Waals surface area contributed by atoms with Gasteiger partial charge in [-0.05, 0) is 45.0 Å². The number of nitrogens with one attached hydrogen (secondary N) is 1. The molecule has 0 radical (unpaired) electrons. The van der Waals surface area contributed by atoms with Crippen LogP contribution in [0, 0.1) is 6.92 Å². The number of hydrogen-bond acceptors (Lipinski definition) is 7. The van der Waals surface area contributed by atoms with Crippen LogP contribution in [0.5, 0.6) is 0 Å². The Morgan fingerprint density at radius 3 is 2.43 bits per heavy atom. The molecular weight excluding hydrogens is 384 g/mol. The minimum atomic E-state index is -0.778. The first kappa shape index (κ1) is 24.3. The fourth-order valence-corrected chi connectivity index (χ4v) is 3.65. The minimum absolute atomic E-state index is 0.0786. The van der Waals surface area contributed by atoms with Crippen molar-refractivity contribution in [3.63, 3.8) is 0 Å². The van der Waals surface area contributed by atoms with E-state index in [4.69, 9.17) is 4.74 Å². The molecule has 2 N–H and O–H groups in total. The van der Waals surface area contributed by atoms with Crippen LogP contribution in [0.15, 0.2) is 24.3 Å². The molecule has 0 atom stereocenters. The SMILES string of the molecule is Cc1ccc(CN2CCCN(COC=O)CCNCCCN(CC(=O)O)CC2)cc1. The smallest absolute Gasteiger partial charge is 0.317 e. The molecule has 2 rings (SSSR count). The Morgan fingerprint density at radius 2 is 1.70 bits per heavy atom. The van der Waals surface area contributed by atoms with E-state index in [0.29, 0.717) is 13.2 Å². The van der Waals surface area contributed by atoms with Gasteiger partial charge in [-0.15, -0.1) is 0 Å². The second-order valence-corrected chi connectivity index (χ2v) is 7.90. The largest absolute Gasteiger partial charge is 0.480 e. The van der Waals surface area contributed by atoms with Crippen LogP contribution in [0.3, 0.4) is 0 Å². The maximum absolute atomic E-state index is 11.3. The Kier molecular flexibility index (Phi) is 11.4. The lowest BCUT2D eigenvalue weighted by atomic mass is 10.1. The van der Waals surface area contributed by atoms with E-state index in [0.717, 1.165) is 71.7 Å². The molecule has 1 saturated heterocycles. The predicted octanol–water partition coefficient (Wildman–Crippen LogP) is 1.000. The van der Waals surface area contributed by atoms with Gasteiger partial charge in [-0.2, -0.15) is 0 Å². The molecule has 8 heteroatoms. The van der Waals surface area contributed by atoms with Gasteiger partial charge in [0.2, 0.25) is 0 Å². The average Bonchev–Trinajstić information content (AvgIpc) is 2.72. The van der Waals surface area contributed by atoms with Crippen LogP contribution in [0.4, 0.5) is 0 Å². The normalized spacial score (nSPS) is 19.1. The Hall–Kier alpha value is -2.00. The third-order valence-electron chi connectivity index (χ3n) is 5.32. The van der Waals surface area contributed by atoms with Gasteiger partial charge in [-0.3, -0.25) is 24.3 Å². The van der Waals surface area contributed by atoms with E-state index in [9.17, 15) is 14.7 Å². The summed E-state index contributed by atoms with van der Waals surface area (Å²) < 4.78 is 4.97. The third-order valence-corrected chi connectivity index (χ3v) is 5.32. The van der Waals surface area contributed by atoms with E-state index < -0.39 is 5.97 Å². The first-order valence-electron chi connectivity index (χ1n) is 10.8. The quantitative estimate of drug-likeness (QED) is 0.632. The molecule has 1 aromatic carbocycles. The molecule has 0 amide bonds. The van der Waals surface area contributed by atoms with Gasteiger partial charge >= 0.3 is 5.97 Å². The Bertz CT molecular complexity index is 626. The number of carboxylic acids is 1. The lowest BCUT2D eigenvalue weighted by Gasteiger charge is -2.29. The maximum Gasteiger partial charge on any atom is 0.317 e. The summed E-state index contributed by atoms with van der Waals surface area (Å²) in [6, 6.07) is 8.57. The van der Waals surface area contributed by atoms with Crippen LogP contribution in [0.2, 0.25) is 0 Å². The van der Waals surface area contributed by atoms with E-state index in [1.807, 2.05) is 4.90 Å². The highest BCUT2D eigenvalue weighted by Gasteiger charge is 2.14. The van der Waals surface area contributed by atoms with Crippen molar-refractivity contribution in [2.45, 2.75) is 26.3 Å². The first-order valence-corrected chi connectivity index (χ1v) is 10.8. The average molecular weight is 421 g/mol. The van der Waals surface area contributed by atoms with E-state index in [1.54, 1.807) is 0 Å². The zero-order valence-electron chi connectivity index (χ0n) is 18.1. The van der Waals surface area contributed by atoms with E-state index >= 15 is 0 Å². The van der Waals surface area contributed by atoms with Crippen molar-refractivity contribution in [1.29, 1.82) is 0 Å². The number of benzene rings is 1. The fraction of sp³-hybridized carbons (Fsp3) is 0.636. The zero-order valence-corrected chi connectivity index (χ0v) is 18.1. The number of ether oxygens (including phenoxy) is 1. The molecule has 8 nitrogen and oxygen atoms in total. The summed E-state index contributed by atoms with van der Waals surface area (Å²) >= 11 is 0. The van der Waals surface area contributed by atoms with Crippen LogP contribution in [-0.2, 0) is 20.9 Å². The number of rotatable bonds is 7. The van der Waals surface area contributed by atoms with Crippen molar-refractivity contribution in [3.8, 4) is 0 Å². The highest BCUT2D eigenvalue weighted by molar-refractivity contribution is 5.69. The van der Waals surface area contributed by atoms with Crippen molar-refractivity contribution >= 4 is 12.4 Å². The monoisotopic (exact) mass is 420 g/mol. The van der Waals surface area contributed by atoms with Gasteiger partial charge in [-0.1, -0.05) is 29.8 Å². The maximum atomic E-state index is 11.3. The number of aryl methyl sites for hydroxylation is 1. The van der Waals surface area contributed by atoms with Crippen molar-refractivity contribution < 1.29 is 19.4 Å². The van der Waals surface area contributed by atoms with Crippen molar-refractivity contribution in [2.75, 3.05) is 65.6 Å². The molecule has 0 bridgehead atoms. The van der Waals surface area contributed by atoms with Crippen LogP contribution >= 0.6 is 0 Å². The summed E-state index contributed by atoms with van der Waals surface area (Å²) in [5, 5.41) is 12.6. The van der Waals surface area contributed by atoms with Gasteiger partial charge in [0.15, 0.2) is 0 Å². The molecule has 1 aliphatic heterocycles. The highest BCUT2D eigenvalue weighted by atomic mass is 16.5. The fourth-order valence-electron chi connectivity index (χ4n) is 3.65. The molecule has 1 fully saturated rings. The summed E-state index contributed by atoms with van der Waals surface area (Å²) in [6.07, 6.45) is 1.85. The topological polar surface area (TPSA) is 85.4 Å². The summed E-state index contributed by atoms with van der Waals surface area (Å²) in [4.78, 5) is 28.4. The van der Waals surface area contributed by atoms with E-state index in [2.05, 4.69) is 46.3 Å². The molecular formula is C22H36N4O4. The number of carbonyl (C=O) groups excluding carboxylic acids is 1. The van der Waals surface area contributed by atoms with Gasteiger partial charge in [0.05, 0.1) is 6.54 Å². The van der Waals surface area contributed by atoms with Gasteiger partial charge < -0.3 is 15.2 Å². The summed E-state index contributed by atoms with van der Waals surface area (Å²) in [5.41, 5.74) is 2.50. The molecule has 168 valence electrons. The van der Waals surface area contributed by atoms with Crippen LogP contribution < -0.4 is 5.32 Å². The molecule has 1 aromatic rings. The molecule has 0 saturated carbocycles. The Morgan fingerprint density at radius 1 is 1.00 bits per heavy atom. The number of carboxylic acid groups (broad SMARTS) is 1. The second-order valence-electron chi connectivity index (χ2n) is 7.90. The van der Waals surface area contributed by atoms with Gasteiger partial charge in [-0.25, -0.2) is 0 Å². The number of aliphatic carboxylic acids is 1. The number of nitrogens with zero attached hydrogens (tertiary/aromatic N) is 3. The lowest BCUT2D eigenvalue weighted by Crippen LogP contribution is -2.41. The zero-order chi connectivity index (χ0) is 21.6. The second kappa shape index (κ2) is 14.1. The molecule has 30 heavy (non-hydrogen) atoms. The summed E-state index contributed by atoms with van der Waals surface area (Å²) in [6.45, 7) is 10.3. The van der Waals surface area contributed by atoms with Gasteiger partial charge in [0, 0.05) is 39.3 Å². The van der Waals surface area contributed by atoms with E-state index in [-0.39, 0.29) is 6.54 Å². The first-order chi connectivity index (χ1) is 14.6.